The number of nitrogens with zero attached hydrogens (tertiary/aromatic N) is 2. The minimum absolute atomic E-state index is 0.297. The number of nitrogens with two attached hydrogens (primary N) is 1. The smallest absolute Gasteiger partial charge is 0.202 e. The summed E-state index contributed by atoms with van der Waals surface area (Å²) in [5.74, 6) is 0.497. The molecule has 0 amide bonds. The summed E-state index contributed by atoms with van der Waals surface area (Å²) in [5.41, 5.74) is 5.60. The Bertz CT molecular complexity index is 281. The molecule has 0 spiro atoms. The van der Waals surface area contributed by atoms with Crippen molar-refractivity contribution in [2.45, 2.75) is 25.7 Å². The van der Waals surface area contributed by atoms with Crippen molar-refractivity contribution in [1.82, 2.24) is 9.55 Å². The van der Waals surface area contributed by atoms with Gasteiger partial charge >= 0.3 is 0 Å². The van der Waals surface area contributed by atoms with Gasteiger partial charge in [0.05, 0.1) is 6.10 Å². The summed E-state index contributed by atoms with van der Waals surface area (Å²) in [5, 5.41) is 0. The molecule has 78 valence electrons. The molecule has 0 aliphatic carbocycles. The average Bonchev–Trinajstić information content (AvgIpc) is 2.63. The molecule has 0 saturated carbocycles. The van der Waals surface area contributed by atoms with Crippen LogP contribution in [0.15, 0.2) is 12.4 Å². The van der Waals surface area contributed by atoms with E-state index in [-0.39, 0.29) is 0 Å². The van der Waals surface area contributed by atoms with Crippen LogP contribution in [0.1, 0.15) is 12.8 Å². The number of rotatable bonds is 3. The molecule has 1 aromatic rings. The van der Waals surface area contributed by atoms with Gasteiger partial charge in [0.1, 0.15) is 6.73 Å². The minimum atomic E-state index is 0.297. The highest BCUT2D eigenvalue weighted by Gasteiger charge is 2.14. The van der Waals surface area contributed by atoms with Gasteiger partial charge in [-0.05, 0) is 12.8 Å². The van der Waals surface area contributed by atoms with Crippen molar-refractivity contribution in [1.29, 1.82) is 0 Å². The molecule has 1 aliphatic rings. The topological polar surface area (TPSA) is 62.3 Å². The summed E-state index contributed by atoms with van der Waals surface area (Å²) in [6.45, 7) is 2.07. The van der Waals surface area contributed by atoms with Crippen molar-refractivity contribution < 1.29 is 9.47 Å². The van der Waals surface area contributed by atoms with E-state index in [1.165, 1.54) is 0 Å². The van der Waals surface area contributed by atoms with Crippen molar-refractivity contribution in [3.63, 3.8) is 0 Å². The highest BCUT2D eigenvalue weighted by molar-refractivity contribution is 5.15. The van der Waals surface area contributed by atoms with Crippen LogP contribution in [-0.4, -0.2) is 28.9 Å². The number of aromatic nitrogens is 2. The van der Waals surface area contributed by atoms with Crippen molar-refractivity contribution >= 4 is 5.95 Å². The monoisotopic (exact) mass is 197 g/mol. The first-order valence-corrected chi connectivity index (χ1v) is 4.82. The Hall–Kier alpha value is -1.07. The van der Waals surface area contributed by atoms with E-state index in [1.807, 2.05) is 6.20 Å². The van der Waals surface area contributed by atoms with Crippen LogP contribution in [0.3, 0.4) is 0 Å². The Labute approximate surface area is 82.8 Å². The molecule has 0 radical (unpaired) electrons. The van der Waals surface area contributed by atoms with Gasteiger partial charge in [0.2, 0.25) is 5.95 Å². The third kappa shape index (κ3) is 2.24. The summed E-state index contributed by atoms with van der Waals surface area (Å²) in [7, 11) is 0. The van der Waals surface area contributed by atoms with E-state index in [2.05, 4.69) is 4.98 Å². The van der Waals surface area contributed by atoms with Crippen LogP contribution in [-0.2, 0) is 16.2 Å². The highest BCUT2D eigenvalue weighted by Crippen LogP contribution is 2.11. The summed E-state index contributed by atoms with van der Waals surface area (Å²) >= 11 is 0. The van der Waals surface area contributed by atoms with E-state index in [1.54, 1.807) is 10.8 Å². The van der Waals surface area contributed by atoms with E-state index >= 15 is 0 Å². The number of imidazole rings is 1. The van der Waals surface area contributed by atoms with Crippen LogP contribution < -0.4 is 5.73 Å². The second kappa shape index (κ2) is 4.43. The first-order valence-electron chi connectivity index (χ1n) is 4.82. The summed E-state index contributed by atoms with van der Waals surface area (Å²) in [4.78, 5) is 3.92. The lowest BCUT2D eigenvalue weighted by Crippen LogP contribution is -2.24. The molecule has 2 N–H and O–H groups in total. The van der Waals surface area contributed by atoms with Gasteiger partial charge in [-0.2, -0.15) is 0 Å². The normalized spacial score (nSPS) is 18.6. The van der Waals surface area contributed by atoms with Crippen molar-refractivity contribution in [3.05, 3.63) is 12.4 Å². The van der Waals surface area contributed by atoms with Crippen molar-refractivity contribution in [3.8, 4) is 0 Å². The molecule has 1 fully saturated rings. The zero-order valence-electron chi connectivity index (χ0n) is 8.06. The molecule has 1 saturated heterocycles. The molecular weight excluding hydrogens is 182 g/mol. The molecular formula is C9H15N3O2. The molecule has 1 aromatic heterocycles. The van der Waals surface area contributed by atoms with Gasteiger partial charge in [-0.3, -0.25) is 4.57 Å². The zero-order chi connectivity index (χ0) is 9.80. The second-order valence-electron chi connectivity index (χ2n) is 3.36. The first-order chi connectivity index (χ1) is 6.86. The Balaban J connectivity index is 1.79. The van der Waals surface area contributed by atoms with Gasteiger partial charge in [0, 0.05) is 25.6 Å². The van der Waals surface area contributed by atoms with E-state index in [0.717, 1.165) is 26.1 Å². The van der Waals surface area contributed by atoms with Crippen LogP contribution in [0.2, 0.25) is 0 Å². The lowest BCUT2D eigenvalue weighted by atomic mass is 10.2. The maximum Gasteiger partial charge on any atom is 0.202 e. The highest BCUT2D eigenvalue weighted by atomic mass is 16.5. The Morgan fingerprint density at radius 1 is 1.57 bits per heavy atom. The molecule has 14 heavy (non-hydrogen) atoms. The number of nitrogen functional groups attached to an aromatic ring is 1. The summed E-state index contributed by atoms with van der Waals surface area (Å²) in [6.07, 6.45) is 5.71. The Kier molecular flexibility index (Phi) is 3.00. The average molecular weight is 197 g/mol. The molecule has 1 aliphatic heterocycles. The SMILES string of the molecule is Nc1nccn1COC1CCOCC1. The van der Waals surface area contributed by atoms with Crippen molar-refractivity contribution in [2.24, 2.45) is 0 Å². The van der Waals surface area contributed by atoms with Crippen LogP contribution in [0.25, 0.3) is 0 Å². The van der Waals surface area contributed by atoms with Gasteiger partial charge in [-0.25, -0.2) is 4.98 Å². The van der Waals surface area contributed by atoms with Crippen molar-refractivity contribution in [2.75, 3.05) is 18.9 Å². The zero-order valence-corrected chi connectivity index (χ0v) is 8.06. The minimum Gasteiger partial charge on any atom is -0.381 e. The predicted octanol–water partition coefficient (Wildman–Crippen LogP) is 0.618. The largest absolute Gasteiger partial charge is 0.381 e. The molecule has 5 heteroatoms. The number of hydrogen-bond acceptors (Lipinski definition) is 4. The predicted molar refractivity (Wildman–Crippen MR) is 51.6 cm³/mol. The van der Waals surface area contributed by atoms with Gasteiger partial charge in [-0.1, -0.05) is 0 Å². The Morgan fingerprint density at radius 3 is 3.00 bits per heavy atom. The number of hydrogen-bond donors (Lipinski definition) is 1. The summed E-state index contributed by atoms with van der Waals surface area (Å²) in [6, 6.07) is 0. The molecule has 2 heterocycles. The molecule has 0 bridgehead atoms. The maximum absolute atomic E-state index is 5.67. The lowest BCUT2D eigenvalue weighted by Gasteiger charge is -2.22. The standard InChI is InChI=1S/C9H15N3O2/c10-9-11-3-4-12(9)7-14-8-1-5-13-6-2-8/h3-4,8H,1-2,5-7H2,(H2,10,11). The van der Waals surface area contributed by atoms with E-state index in [4.69, 9.17) is 15.2 Å². The van der Waals surface area contributed by atoms with Crippen LogP contribution in [0.4, 0.5) is 5.95 Å². The van der Waals surface area contributed by atoms with E-state index in [0.29, 0.717) is 18.8 Å². The second-order valence-corrected chi connectivity index (χ2v) is 3.36. The van der Waals surface area contributed by atoms with Gasteiger partial charge in [0.25, 0.3) is 0 Å². The fraction of sp³-hybridized carbons (Fsp3) is 0.667. The van der Waals surface area contributed by atoms with Crippen LogP contribution in [0.5, 0.6) is 0 Å². The van der Waals surface area contributed by atoms with E-state index in [9.17, 15) is 0 Å². The number of anilines is 1. The van der Waals surface area contributed by atoms with E-state index < -0.39 is 0 Å². The molecule has 5 nitrogen and oxygen atoms in total. The fourth-order valence-corrected chi connectivity index (χ4v) is 1.48. The molecule has 2 rings (SSSR count). The quantitative estimate of drug-likeness (QED) is 0.771. The fourth-order valence-electron chi connectivity index (χ4n) is 1.48. The van der Waals surface area contributed by atoms with Crippen LogP contribution in [0, 0.1) is 0 Å². The third-order valence-corrected chi connectivity index (χ3v) is 2.37. The van der Waals surface area contributed by atoms with Crippen LogP contribution >= 0.6 is 0 Å². The van der Waals surface area contributed by atoms with Gasteiger partial charge in [-0.15, -0.1) is 0 Å². The summed E-state index contributed by atoms with van der Waals surface area (Å²) < 4.78 is 12.7. The third-order valence-electron chi connectivity index (χ3n) is 2.37. The Morgan fingerprint density at radius 2 is 2.36 bits per heavy atom. The van der Waals surface area contributed by atoms with Gasteiger partial charge in [0.15, 0.2) is 0 Å². The number of ether oxygens (including phenoxy) is 2. The first kappa shape index (κ1) is 9.48. The molecule has 0 aromatic carbocycles. The lowest BCUT2D eigenvalue weighted by molar-refractivity contribution is -0.0562. The molecule has 0 unspecified atom stereocenters. The van der Waals surface area contributed by atoms with Gasteiger partial charge < -0.3 is 15.2 Å². The molecule has 0 atom stereocenters. The maximum atomic E-state index is 5.67.